The third-order valence-corrected chi connectivity index (χ3v) is 3.09. The molecule has 5 heteroatoms. The van der Waals surface area contributed by atoms with Crippen molar-refractivity contribution in [2.45, 2.75) is 58.7 Å². The zero-order valence-corrected chi connectivity index (χ0v) is 11.6. The lowest BCUT2D eigenvalue weighted by atomic mass is 9.96. The molecule has 18 heavy (non-hydrogen) atoms. The molecule has 0 aliphatic carbocycles. The molecule has 0 aliphatic rings. The van der Waals surface area contributed by atoms with E-state index in [-0.39, 0.29) is 0 Å². The van der Waals surface area contributed by atoms with Gasteiger partial charge in [0.15, 0.2) is 0 Å². The molecule has 0 spiro atoms. The summed E-state index contributed by atoms with van der Waals surface area (Å²) in [6.07, 6.45) is 5.18. The van der Waals surface area contributed by atoms with E-state index in [1.54, 1.807) is 13.1 Å². The molecule has 1 aromatic rings. The average molecular weight is 253 g/mol. The molecule has 0 aromatic carbocycles. The van der Waals surface area contributed by atoms with Gasteiger partial charge in [-0.1, -0.05) is 13.3 Å². The number of carbonyl (C=O) groups is 1. The number of carboxylic acids is 1. The molecule has 0 saturated carbocycles. The number of hydrogen-bond acceptors (Lipinski definition) is 3. The van der Waals surface area contributed by atoms with Crippen LogP contribution in [0.25, 0.3) is 0 Å². The molecule has 1 heterocycles. The minimum Gasteiger partial charge on any atom is -0.480 e. The summed E-state index contributed by atoms with van der Waals surface area (Å²) in [6, 6.07) is 0.320. The fourth-order valence-corrected chi connectivity index (χ4v) is 1.82. The predicted octanol–water partition coefficient (Wildman–Crippen LogP) is 2.20. The fourth-order valence-electron chi connectivity index (χ4n) is 1.82. The highest BCUT2D eigenvalue weighted by atomic mass is 16.4. The van der Waals surface area contributed by atoms with Crippen LogP contribution in [0.15, 0.2) is 12.4 Å². The maximum absolute atomic E-state index is 11.3. The summed E-state index contributed by atoms with van der Waals surface area (Å²) in [5.41, 5.74) is 0.140. The van der Waals surface area contributed by atoms with E-state index < -0.39 is 11.5 Å². The molecule has 102 valence electrons. The molecule has 5 nitrogen and oxygen atoms in total. The summed E-state index contributed by atoms with van der Waals surface area (Å²) in [5.74, 6) is -0.805. The van der Waals surface area contributed by atoms with E-state index in [1.807, 2.05) is 17.8 Å². The van der Waals surface area contributed by atoms with Crippen LogP contribution < -0.4 is 5.32 Å². The molecule has 1 unspecified atom stereocenters. The highest BCUT2D eigenvalue weighted by Gasteiger charge is 2.31. The highest BCUT2D eigenvalue weighted by Crippen LogP contribution is 2.14. The SMILES string of the molecule is CCCC(C)(NCc1cnn(C(C)C)c1)C(=O)O. The molecular weight excluding hydrogens is 230 g/mol. The number of hydrogen-bond donors (Lipinski definition) is 2. The van der Waals surface area contributed by atoms with Gasteiger partial charge in [-0.3, -0.25) is 14.8 Å². The molecule has 1 rings (SSSR count). The van der Waals surface area contributed by atoms with Gasteiger partial charge in [-0.2, -0.15) is 5.10 Å². The number of aliphatic carboxylic acids is 1. The average Bonchev–Trinajstić information content (AvgIpc) is 2.75. The van der Waals surface area contributed by atoms with Gasteiger partial charge in [0.2, 0.25) is 0 Å². The van der Waals surface area contributed by atoms with Crippen LogP contribution in [0, 0.1) is 0 Å². The van der Waals surface area contributed by atoms with Gasteiger partial charge in [-0.15, -0.1) is 0 Å². The smallest absolute Gasteiger partial charge is 0.323 e. The van der Waals surface area contributed by atoms with E-state index in [2.05, 4.69) is 24.3 Å². The van der Waals surface area contributed by atoms with Gasteiger partial charge in [0.1, 0.15) is 5.54 Å². The molecule has 0 radical (unpaired) electrons. The van der Waals surface area contributed by atoms with Crippen molar-refractivity contribution in [1.82, 2.24) is 15.1 Å². The third kappa shape index (κ3) is 3.57. The lowest BCUT2D eigenvalue weighted by Gasteiger charge is -2.25. The summed E-state index contributed by atoms with van der Waals surface area (Å²) in [6.45, 7) is 8.35. The van der Waals surface area contributed by atoms with E-state index >= 15 is 0 Å². The normalized spacial score (nSPS) is 14.7. The highest BCUT2D eigenvalue weighted by molar-refractivity contribution is 5.78. The minimum atomic E-state index is -0.866. The van der Waals surface area contributed by atoms with Crippen LogP contribution in [0.1, 0.15) is 52.1 Å². The van der Waals surface area contributed by atoms with Gasteiger partial charge in [0.25, 0.3) is 0 Å². The van der Waals surface area contributed by atoms with E-state index in [0.29, 0.717) is 19.0 Å². The molecule has 0 aliphatic heterocycles. The minimum absolute atomic E-state index is 0.320. The number of aromatic nitrogens is 2. The van der Waals surface area contributed by atoms with Gasteiger partial charge in [0, 0.05) is 24.3 Å². The van der Waals surface area contributed by atoms with Crippen molar-refractivity contribution < 1.29 is 9.90 Å². The number of carboxylic acid groups (broad SMARTS) is 1. The lowest BCUT2D eigenvalue weighted by molar-refractivity contribution is -0.144. The second kappa shape index (κ2) is 6.00. The van der Waals surface area contributed by atoms with Crippen molar-refractivity contribution in [2.75, 3.05) is 0 Å². The van der Waals surface area contributed by atoms with Gasteiger partial charge in [-0.25, -0.2) is 0 Å². The first kappa shape index (κ1) is 14.7. The van der Waals surface area contributed by atoms with Crippen LogP contribution in [-0.4, -0.2) is 26.4 Å². The van der Waals surface area contributed by atoms with Crippen molar-refractivity contribution in [3.8, 4) is 0 Å². The summed E-state index contributed by atoms with van der Waals surface area (Å²) in [7, 11) is 0. The van der Waals surface area contributed by atoms with E-state index in [1.165, 1.54) is 0 Å². The Balaban J connectivity index is 2.64. The van der Waals surface area contributed by atoms with Crippen molar-refractivity contribution in [1.29, 1.82) is 0 Å². The maximum atomic E-state index is 11.3. The molecular formula is C13H23N3O2. The van der Waals surface area contributed by atoms with Gasteiger partial charge in [-0.05, 0) is 27.2 Å². The van der Waals surface area contributed by atoms with E-state index in [0.717, 1.165) is 12.0 Å². The predicted molar refractivity (Wildman–Crippen MR) is 70.4 cm³/mol. The van der Waals surface area contributed by atoms with Crippen LogP contribution in [-0.2, 0) is 11.3 Å². The van der Waals surface area contributed by atoms with Gasteiger partial charge in [0.05, 0.1) is 6.20 Å². The molecule has 0 fully saturated rings. The second-order valence-electron chi connectivity index (χ2n) is 5.16. The Morgan fingerprint density at radius 3 is 2.72 bits per heavy atom. The Hall–Kier alpha value is -1.36. The monoisotopic (exact) mass is 253 g/mol. The summed E-state index contributed by atoms with van der Waals surface area (Å²) in [5, 5.41) is 16.6. The van der Waals surface area contributed by atoms with Crippen LogP contribution in [0.4, 0.5) is 0 Å². The van der Waals surface area contributed by atoms with Crippen molar-refractivity contribution in [3.63, 3.8) is 0 Å². The van der Waals surface area contributed by atoms with Crippen molar-refractivity contribution in [2.24, 2.45) is 0 Å². The van der Waals surface area contributed by atoms with Gasteiger partial charge < -0.3 is 5.11 Å². The first-order valence-corrected chi connectivity index (χ1v) is 6.40. The summed E-state index contributed by atoms with van der Waals surface area (Å²) in [4.78, 5) is 11.3. The summed E-state index contributed by atoms with van der Waals surface area (Å²) >= 11 is 0. The molecule has 0 amide bonds. The standard InChI is InChI=1S/C13H23N3O2/c1-5-6-13(4,12(17)18)14-7-11-8-15-16(9-11)10(2)3/h8-10,14H,5-7H2,1-4H3,(H,17,18). The molecule has 1 aromatic heterocycles. The number of nitrogens with zero attached hydrogens (tertiary/aromatic N) is 2. The Morgan fingerprint density at radius 1 is 1.61 bits per heavy atom. The first-order chi connectivity index (χ1) is 8.39. The van der Waals surface area contributed by atoms with Crippen molar-refractivity contribution in [3.05, 3.63) is 18.0 Å². The van der Waals surface area contributed by atoms with Crippen LogP contribution in [0.3, 0.4) is 0 Å². The molecule has 0 saturated heterocycles. The molecule has 1 atom stereocenters. The van der Waals surface area contributed by atoms with Crippen LogP contribution in [0.5, 0.6) is 0 Å². The number of nitrogens with one attached hydrogen (secondary N) is 1. The Morgan fingerprint density at radius 2 is 2.28 bits per heavy atom. The fraction of sp³-hybridized carbons (Fsp3) is 0.692. The second-order valence-corrected chi connectivity index (χ2v) is 5.16. The Labute approximate surface area is 108 Å². The first-order valence-electron chi connectivity index (χ1n) is 6.40. The van der Waals surface area contributed by atoms with Gasteiger partial charge >= 0.3 is 5.97 Å². The third-order valence-electron chi connectivity index (χ3n) is 3.09. The zero-order valence-electron chi connectivity index (χ0n) is 11.6. The topological polar surface area (TPSA) is 67.2 Å². The molecule has 2 N–H and O–H groups in total. The largest absolute Gasteiger partial charge is 0.480 e. The van der Waals surface area contributed by atoms with E-state index in [9.17, 15) is 9.90 Å². The summed E-state index contributed by atoms with van der Waals surface area (Å²) < 4.78 is 1.87. The number of rotatable bonds is 7. The molecule has 0 bridgehead atoms. The Kier molecular flexibility index (Phi) is 4.90. The van der Waals surface area contributed by atoms with E-state index in [4.69, 9.17) is 0 Å². The maximum Gasteiger partial charge on any atom is 0.323 e. The zero-order chi connectivity index (χ0) is 13.8. The van der Waals surface area contributed by atoms with Crippen LogP contribution in [0.2, 0.25) is 0 Å². The van der Waals surface area contributed by atoms with Crippen LogP contribution >= 0.6 is 0 Å². The lowest BCUT2D eigenvalue weighted by Crippen LogP contribution is -2.48. The van der Waals surface area contributed by atoms with Crippen molar-refractivity contribution >= 4 is 5.97 Å². The quantitative estimate of drug-likeness (QED) is 0.781. The Bertz CT molecular complexity index is 401.